The third-order valence-corrected chi connectivity index (χ3v) is 4.79. The summed E-state index contributed by atoms with van der Waals surface area (Å²) in [5.41, 5.74) is 2.89. The second-order valence-corrected chi connectivity index (χ2v) is 7.02. The van der Waals surface area contributed by atoms with Gasteiger partial charge in [0.15, 0.2) is 4.32 Å². The lowest BCUT2D eigenvalue weighted by Crippen LogP contribution is -2.27. The monoisotopic (exact) mass is 340 g/mol. The standard InChI is InChI=1S/C18H16N2OS2/c1-19(2)15-10-6-7-13(11-15)12-16-17(21)20(18(22)23-16)14-8-4-3-5-9-14/h3-12H,1-2H3. The van der Waals surface area contributed by atoms with E-state index >= 15 is 0 Å². The van der Waals surface area contributed by atoms with Crippen LogP contribution in [-0.2, 0) is 4.79 Å². The van der Waals surface area contributed by atoms with Gasteiger partial charge in [0, 0.05) is 19.8 Å². The number of benzene rings is 2. The quantitative estimate of drug-likeness (QED) is 0.618. The van der Waals surface area contributed by atoms with E-state index in [0.29, 0.717) is 9.23 Å². The van der Waals surface area contributed by atoms with E-state index in [1.54, 1.807) is 4.90 Å². The maximum Gasteiger partial charge on any atom is 0.270 e. The summed E-state index contributed by atoms with van der Waals surface area (Å²) in [6, 6.07) is 17.6. The first-order valence-electron chi connectivity index (χ1n) is 7.16. The topological polar surface area (TPSA) is 23.6 Å². The summed E-state index contributed by atoms with van der Waals surface area (Å²) in [5.74, 6) is -0.0681. The number of nitrogens with zero attached hydrogens (tertiary/aromatic N) is 2. The molecule has 1 fully saturated rings. The van der Waals surface area contributed by atoms with E-state index in [1.807, 2.05) is 73.6 Å². The number of carbonyl (C=O) groups is 1. The molecule has 1 aliphatic heterocycles. The van der Waals surface area contributed by atoms with Gasteiger partial charge in [0.25, 0.3) is 5.91 Å². The molecule has 2 aromatic rings. The third kappa shape index (κ3) is 3.30. The van der Waals surface area contributed by atoms with Crippen LogP contribution in [0.5, 0.6) is 0 Å². The Labute approximate surface area is 145 Å². The highest BCUT2D eigenvalue weighted by Crippen LogP contribution is 2.36. The number of hydrogen-bond acceptors (Lipinski definition) is 4. The number of amides is 1. The van der Waals surface area contributed by atoms with E-state index in [2.05, 4.69) is 6.07 Å². The van der Waals surface area contributed by atoms with Crippen molar-refractivity contribution >= 4 is 51.7 Å². The Balaban J connectivity index is 1.92. The number of para-hydroxylation sites is 1. The molecule has 5 heteroatoms. The van der Waals surface area contributed by atoms with Gasteiger partial charge in [-0.1, -0.05) is 54.3 Å². The number of carbonyl (C=O) groups excluding carboxylic acids is 1. The van der Waals surface area contributed by atoms with E-state index in [0.717, 1.165) is 16.9 Å². The van der Waals surface area contributed by atoms with Crippen molar-refractivity contribution in [2.75, 3.05) is 23.9 Å². The Morgan fingerprint density at radius 3 is 2.52 bits per heavy atom. The summed E-state index contributed by atoms with van der Waals surface area (Å²) in [6.45, 7) is 0. The van der Waals surface area contributed by atoms with E-state index < -0.39 is 0 Å². The molecule has 1 saturated heterocycles. The lowest BCUT2D eigenvalue weighted by Gasteiger charge is -2.14. The van der Waals surface area contributed by atoms with Crippen LogP contribution in [0.25, 0.3) is 6.08 Å². The number of thiocarbonyl (C=S) groups is 1. The lowest BCUT2D eigenvalue weighted by molar-refractivity contribution is -0.113. The van der Waals surface area contributed by atoms with Crippen LogP contribution >= 0.6 is 24.0 Å². The minimum absolute atomic E-state index is 0.0681. The van der Waals surface area contributed by atoms with E-state index in [1.165, 1.54) is 11.8 Å². The molecule has 0 radical (unpaired) electrons. The number of thioether (sulfide) groups is 1. The van der Waals surface area contributed by atoms with Crippen molar-refractivity contribution in [2.24, 2.45) is 0 Å². The number of rotatable bonds is 3. The number of hydrogen-bond donors (Lipinski definition) is 0. The normalized spacial score (nSPS) is 16.3. The van der Waals surface area contributed by atoms with Crippen LogP contribution < -0.4 is 9.80 Å². The fourth-order valence-corrected chi connectivity index (χ4v) is 3.61. The van der Waals surface area contributed by atoms with Gasteiger partial charge < -0.3 is 4.90 Å². The Morgan fingerprint density at radius 2 is 1.83 bits per heavy atom. The largest absolute Gasteiger partial charge is 0.378 e. The van der Waals surface area contributed by atoms with Gasteiger partial charge in [0.1, 0.15) is 0 Å². The second kappa shape index (κ2) is 6.56. The summed E-state index contributed by atoms with van der Waals surface area (Å²) in [4.78, 5) is 16.9. The predicted molar refractivity (Wildman–Crippen MR) is 103 cm³/mol. The van der Waals surface area contributed by atoms with Gasteiger partial charge in [0.2, 0.25) is 0 Å². The molecule has 1 heterocycles. The SMILES string of the molecule is CN(C)c1cccc(C=C2SC(=S)N(c3ccccc3)C2=O)c1. The van der Waals surface area contributed by atoms with Gasteiger partial charge in [0.05, 0.1) is 10.6 Å². The minimum atomic E-state index is -0.0681. The highest BCUT2D eigenvalue weighted by atomic mass is 32.2. The molecule has 0 aromatic heterocycles. The molecule has 1 amide bonds. The van der Waals surface area contributed by atoms with Crippen LogP contribution in [0.1, 0.15) is 5.56 Å². The zero-order valence-electron chi connectivity index (χ0n) is 12.9. The highest BCUT2D eigenvalue weighted by molar-refractivity contribution is 8.27. The maximum absolute atomic E-state index is 12.7. The van der Waals surface area contributed by atoms with Crippen LogP contribution in [0.15, 0.2) is 59.5 Å². The average molecular weight is 340 g/mol. The Hall–Kier alpha value is -2.11. The van der Waals surface area contributed by atoms with Gasteiger partial charge in [-0.3, -0.25) is 9.69 Å². The zero-order chi connectivity index (χ0) is 16.4. The minimum Gasteiger partial charge on any atom is -0.378 e. The van der Waals surface area contributed by atoms with Crippen molar-refractivity contribution in [3.8, 4) is 0 Å². The average Bonchev–Trinajstić information content (AvgIpc) is 2.82. The molecule has 0 atom stereocenters. The van der Waals surface area contributed by atoms with E-state index in [-0.39, 0.29) is 5.91 Å². The van der Waals surface area contributed by atoms with Gasteiger partial charge in [-0.2, -0.15) is 0 Å². The molecule has 0 saturated carbocycles. The summed E-state index contributed by atoms with van der Waals surface area (Å²) in [7, 11) is 3.99. The third-order valence-electron chi connectivity index (χ3n) is 3.49. The van der Waals surface area contributed by atoms with Crippen molar-refractivity contribution in [1.82, 2.24) is 0 Å². The highest BCUT2D eigenvalue weighted by Gasteiger charge is 2.33. The second-order valence-electron chi connectivity index (χ2n) is 5.34. The fraction of sp³-hybridized carbons (Fsp3) is 0.111. The fourth-order valence-electron chi connectivity index (χ4n) is 2.31. The zero-order valence-corrected chi connectivity index (χ0v) is 14.5. The van der Waals surface area contributed by atoms with E-state index in [9.17, 15) is 4.79 Å². The van der Waals surface area contributed by atoms with Crippen LogP contribution in [-0.4, -0.2) is 24.3 Å². The van der Waals surface area contributed by atoms with Crippen molar-refractivity contribution in [3.05, 3.63) is 65.1 Å². The summed E-state index contributed by atoms with van der Waals surface area (Å²) in [5, 5.41) is 0. The molecule has 3 nitrogen and oxygen atoms in total. The molecule has 0 aliphatic carbocycles. The van der Waals surface area contributed by atoms with Crippen molar-refractivity contribution < 1.29 is 4.79 Å². The number of anilines is 2. The van der Waals surface area contributed by atoms with E-state index in [4.69, 9.17) is 12.2 Å². The molecule has 0 unspecified atom stereocenters. The first-order chi connectivity index (χ1) is 11.1. The first kappa shape index (κ1) is 15.8. The van der Waals surface area contributed by atoms with Crippen LogP contribution in [0.3, 0.4) is 0 Å². The molecule has 0 bridgehead atoms. The molecule has 23 heavy (non-hydrogen) atoms. The van der Waals surface area contributed by atoms with Gasteiger partial charge in [-0.15, -0.1) is 0 Å². The molecular weight excluding hydrogens is 324 g/mol. The van der Waals surface area contributed by atoms with Crippen LogP contribution in [0.4, 0.5) is 11.4 Å². The lowest BCUT2D eigenvalue weighted by atomic mass is 10.1. The summed E-state index contributed by atoms with van der Waals surface area (Å²) >= 11 is 6.72. The predicted octanol–water partition coefficient (Wildman–Crippen LogP) is 4.16. The summed E-state index contributed by atoms with van der Waals surface area (Å²) in [6.07, 6.45) is 1.90. The molecule has 0 N–H and O–H groups in total. The smallest absolute Gasteiger partial charge is 0.270 e. The van der Waals surface area contributed by atoms with Crippen LogP contribution in [0.2, 0.25) is 0 Å². The van der Waals surface area contributed by atoms with Crippen LogP contribution in [0, 0.1) is 0 Å². The Bertz CT molecular complexity index is 785. The Kier molecular flexibility index (Phi) is 4.50. The van der Waals surface area contributed by atoms with Gasteiger partial charge in [-0.05, 0) is 35.9 Å². The molecule has 3 rings (SSSR count). The molecule has 0 spiro atoms. The molecular formula is C18H16N2OS2. The van der Waals surface area contributed by atoms with Crippen molar-refractivity contribution in [1.29, 1.82) is 0 Å². The van der Waals surface area contributed by atoms with Gasteiger partial charge in [-0.25, -0.2) is 0 Å². The molecule has 1 aliphatic rings. The first-order valence-corrected chi connectivity index (χ1v) is 8.39. The maximum atomic E-state index is 12.7. The van der Waals surface area contributed by atoms with Crippen molar-refractivity contribution in [2.45, 2.75) is 0 Å². The van der Waals surface area contributed by atoms with Crippen molar-refractivity contribution in [3.63, 3.8) is 0 Å². The summed E-state index contributed by atoms with van der Waals surface area (Å²) < 4.78 is 0.566. The van der Waals surface area contributed by atoms with Gasteiger partial charge >= 0.3 is 0 Å². The Morgan fingerprint density at radius 1 is 1.09 bits per heavy atom. The molecule has 116 valence electrons. The molecule has 2 aromatic carbocycles.